The van der Waals surface area contributed by atoms with Gasteiger partial charge in [-0.25, -0.2) is 0 Å². The number of nitriles is 2. The van der Waals surface area contributed by atoms with Gasteiger partial charge in [-0.1, -0.05) is 24.3 Å². The van der Waals surface area contributed by atoms with Crippen LogP contribution in [0.25, 0.3) is 22.0 Å². The van der Waals surface area contributed by atoms with Gasteiger partial charge in [0.05, 0.1) is 29.3 Å². The van der Waals surface area contributed by atoms with Gasteiger partial charge in [0.2, 0.25) is 5.91 Å². The van der Waals surface area contributed by atoms with Crippen LogP contribution in [0.3, 0.4) is 0 Å². The Bertz CT molecular complexity index is 1850. The summed E-state index contributed by atoms with van der Waals surface area (Å²) in [5.41, 5.74) is 5.62. The summed E-state index contributed by atoms with van der Waals surface area (Å²) in [6.45, 7) is 7.86. The number of aryl methyl sites for hydroxylation is 1. The van der Waals surface area contributed by atoms with E-state index in [2.05, 4.69) is 65.4 Å². The van der Waals surface area contributed by atoms with Crippen LogP contribution in [0.5, 0.6) is 5.75 Å². The average Bonchev–Trinajstić information content (AvgIpc) is 3.48. The molecule has 0 saturated carbocycles. The predicted octanol–water partition coefficient (Wildman–Crippen LogP) is 4.34. The Morgan fingerprint density at radius 3 is 2.28 bits per heavy atom. The number of rotatable bonds is 11. The normalized spacial score (nSPS) is 17.3. The van der Waals surface area contributed by atoms with Gasteiger partial charge in [0.25, 0.3) is 0 Å². The van der Waals surface area contributed by atoms with Crippen molar-refractivity contribution >= 4 is 16.8 Å². The molecular formula is C37H39F3N8O2. The molecule has 1 amide bonds. The Morgan fingerprint density at radius 2 is 1.64 bits per heavy atom. The number of hydrogen-bond donors (Lipinski definition) is 3. The number of ether oxygens (including phenoxy) is 1. The molecule has 0 aliphatic carbocycles. The fourth-order valence-corrected chi connectivity index (χ4v) is 6.67. The fourth-order valence-electron chi connectivity index (χ4n) is 6.67. The lowest BCUT2D eigenvalue weighted by molar-refractivity contribution is -0.274. The lowest BCUT2D eigenvalue weighted by Gasteiger charge is -2.35. The SMILES string of the molecule is N#Cc1cccc(C#N)c1CN1CCN(Cc2ccc3c(c2)c(-c2ccc(OC(F)(F)F)cc2)cn3CCCNC(=O)C2CNCCN2)CC1. The smallest absolute Gasteiger partial charge is 0.406 e. The fraction of sp³-hybridized carbons (Fsp3) is 0.378. The second-order valence-electron chi connectivity index (χ2n) is 12.6. The molecular weight excluding hydrogens is 645 g/mol. The van der Waals surface area contributed by atoms with E-state index in [4.69, 9.17) is 0 Å². The number of alkyl halides is 3. The van der Waals surface area contributed by atoms with Gasteiger partial charge in [-0.05, 0) is 53.9 Å². The van der Waals surface area contributed by atoms with Crippen LogP contribution < -0.4 is 20.7 Å². The molecule has 2 saturated heterocycles. The number of aromatic nitrogens is 1. The molecule has 3 N–H and O–H groups in total. The van der Waals surface area contributed by atoms with Crippen molar-refractivity contribution in [3.8, 4) is 29.0 Å². The largest absolute Gasteiger partial charge is 0.573 e. The number of nitrogens with zero attached hydrogens (tertiary/aromatic N) is 5. The summed E-state index contributed by atoms with van der Waals surface area (Å²) in [6, 6.07) is 21.7. The van der Waals surface area contributed by atoms with Gasteiger partial charge in [-0.3, -0.25) is 14.6 Å². The first-order valence-electron chi connectivity index (χ1n) is 16.8. The number of fused-ring (bicyclic) bond motifs is 1. The first-order valence-corrected chi connectivity index (χ1v) is 16.8. The van der Waals surface area contributed by atoms with Crippen molar-refractivity contribution in [2.45, 2.75) is 38.5 Å². The second-order valence-corrected chi connectivity index (χ2v) is 12.6. The van der Waals surface area contributed by atoms with Crippen molar-refractivity contribution in [3.63, 3.8) is 0 Å². The molecule has 2 fully saturated rings. The number of hydrogen-bond acceptors (Lipinski definition) is 8. The third kappa shape index (κ3) is 8.62. The van der Waals surface area contributed by atoms with Gasteiger partial charge >= 0.3 is 6.36 Å². The third-order valence-corrected chi connectivity index (χ3v) is 9.25. The molecule has 1 aromatic heterocycles. The van der Waals surface area contributed by atoms with Crippen molar-refractivity contribution in [1.82, 2.24) is 30.3 Å². The monoisotopic (exact) mass is 684 g/mol. The molecule has 1 unspecified atom stereocenters. The molecule has 260 valence electrons. The summed E-state index contributed by atoms with van der Waals surface area (Å²) in [5.74, 6) is -0.302. The van der Waals surface area contributed by atoms with Crippen molar-refractivity contribution in [1.29, 1.82) is 10.5 Å². The minimum Gasteiger partial charge on any atom is -0.406 e. The van der Waals surface area contributed by atoms with Crippen molar-refractivity contribution < 1.29 is 22.7 Å². The van der Waals surface area contributed by atoms with Crippen LogP contribution >= 0.6 is 0 Å². The molecule has 10 nitrogen and oxygen atoms in total. The van der Waals surface area contributed by atoms with E-state index in [1.165, 1.54) is 12.1 Å². The highest BCUT2D eigenvalue weighted by Crippen LogP contribution is 2.34. The van der Waals surface area contributed by atoms with E-state index in [0.717, 1.165) is 79.0 Å². The molecule has 3 heterocycles. The number of piperazine rings is 2. The average molecular weight is 685 g/mol. The molecule has 0 bridgehead atoms. The van der Waals surface area contributed by atoms with Crippen LogP contribution in [0.15, 0.2) is 66.9 Å². The maximum atomic E-state index is 12.8. The Kier molecular flexibility index (Phi) is 11.0. The summed E-state index contributed by atoms with van der Waals surface area (Å²) < 4.78 is 44.7. The highest BCUT2D eigenvalue weighted by Gasteiger charge is 2.31. The van der Waals surface area contributed by atoms with Gasteiger partial charge in [-0.15, -0.1) is 13.2 Å². The number of benzene rings is 3. The molecule has 3 aromatic carbocycles. The van der Waals surface area contributed by atoms with Gasteiger partial charge < -0.3 is 25.3 Å². The molecule has 0 radical (unpaired) electrons. The van der Waals surface area contributed by atoms with E-state index in [9.17, 15) is 28.5 Å². The molecule has 13 heteroatoms. The van der Waals surface area contributed by atoms with E-state index in [1.54, 1.807) is 30.3 Å². The van der Waals surface area contributed by atoms with Crippen LogP contribution in [0.4, 0.5) is 13.2 Å². The lowest BCUT2D eigenvalue weighted by atomic mass is 10.0. The summed E-state index contributed by atoms with van der Waals surface area (Å²) in [5, 5.41) is 29.6. The van der Waals surface area contributed by atoms with E-state index in [1.807, 2.05) is 6.20 Å². The van der Waals surface area contributed by atoms with Gasteiger partial charge in [0.1, 0.15) is 5.75 Å². The zero-order valence-electron chi connectivity index (χ0n) is 27.6. The first kappa shape index (κ1) is 34.9. The molecule has 6 rings (SSSR count). The lowest BCUT2D eigenvalue weighted by Crippen LogP contribution is -2.55. The van der Waals surface area contributed by atoms with E-state index < -0.39 is 6.36 Å². The number of carbonyl (C=O) groups is 1. The highest BCUT2D eigenvalue weighted by atomic mass is 19.4. The molecule has 50 heavy (non-hydrogen) atoms. The van der Waals surface area contributed by atoms with Gasteiger partial charge in [0.15, 0.2) is 0 Å². The van der Waals surface area contributed by atoms with Gasteiger partial charge in [-0.2, -0.15) is 10.5 Å². The third-order valence-electron chi connectivity index (χ3n) is 9.25. The quantitative estimate of drug-likeness (QED) is 0.200. The van der Waals surface area contributed by atoms with Crippen LogP contribution in [-0.4, -0.2) is 85.0 Å². The van der Waals surface area contributed by atoms with Crippen molar-refractivity contribution in [2.75, 3.05) is 52.4 Å². The minimum atomic E-state index is -4.77. The van der Waals surface area contributed by atoms with Gasteiger partial charge in [0, 0.05) is 100 Å². The maximum Gasteiger partial charge on any atom is 0.573 e. The molecule has 1 atom stereocenters. The topological polar surface area (TPSA) is 121 Å². The Hall–Kier alpha value is -4.92. The Labute approximate surface area is 289 Å². The number of halogens is 3. The summed E-state index contributed by atoms with van der Waals surface area (Å²) in [4.78, 5) is 17.2. The van der Waals surface area contributed by atoms with Crippen LogP contribution in [0.2, 0.25) is 0 Å². The molecule has 4 aromatic rings. The zero-order chi connectivity index (χ0) is 35.1. The second kappa shape index (κ2) is 15.7. The molecule has 2 aliphatic rings. The molecule has 2 aliphatic heterocycles. The summed E-state index contributed by atoms with van der Waals surface area (Å²) in [7, 11) is 0. The molecule has 0 spiro atoms. The first-order chi connectivity index (χ1) is 24.2. The summed E-state index contributed by atoms with van der Waals surface area (Å²) in [6.07, 6.45) is -2.04. The highest BCUT2D eigenvalue weighted by molar-refractivity contribution is 5.96. The Morgan fingerprint density at radius 1 is 0.940 bits per heavy atom. The number of amides is 1. The number of carbonyl (C=O) groups excluding carboxylic acids is 1. The number of nitrogens with one attached hydrogen (secondary N) is 3. The summed E-state index contributed by atoms with van der Waals surface area (Å²) >= 11 is 0. The van der Waals surface area contributed by atoms with Crippen LogP contribution in [0.1, 0.15) is 28.7 Å². The van der Waals surface area contributed by atoms with E-state index in [0.29, 0.717) is 43.7 Å². The van der Waals surface area contributed by atoms with Crippen molar-refractivity contribution in [2.24, 2.45) is 0 Å². The Balaban J connectivity index is 1.15. The predicted molar refractivity (Wildman–Crippen MR) is 183 cm³/mol. The van der Waals surface area contributed by atoms with Crippen LogP contribution in [0, 0.1) is 22.7 Å². The van der Waals surface area contributed by atoms with Crippen molar-refractivity contribution in [3.05, 3.63) is 89.1 Å². The van der Waals surface area contributed by atoms with E-state index >= 15 is 0 Å². The van der Waals surface area contributed by atoms with Crippen LogP contribution in [-0.2, 0) is 24.4 Å². The standard InChI is InChI=1S/C37H39F3N8O2/c38-37(39,40)50-30-8-6-27(7-9-30)33-25-48(14-2-11-45-36(49)34-22-43-12-13-44-34)35-10-5-26(19-31(33)35)23-46-15-17-47(18-16-46)24-32-28(20-41)3-1-4-29(32)21-42/h1,3-10,19,25,34,43-44H,2,11-18,22-24H2,(H,45,49). The van der Waals surface area contributed by atoms with E-state index in [-0.39, 0.29) is 17.7 Å². The maximum absolute atomic E-state index is 12.8. The minimum absolute atomic E-state index is 0.0270. The zero-order valence-corrected chi connectivity index (χ0v) is 27.6.